The van der Waals surface area contributed by atoms with Crippen LogP contribution in [0.5, 0.6) is 5.75 Å². The molecular formula is C15H20FNO3. The summed E-state index contributed by atoms with van der Waals surface area (Å²) in [5.74, 6) is -0.194. The van der Waals surface area contributed by atoms with Gasteiger partial charge in [0.2, 0.25) is 0 Å². The zero-order chi connectivity index (χ0) is 14.4. The fraction of sp³-hybridized carbons (Fsp3) is 0.533. The van der Waals surface area contributed by atoms with E-state index in [-0.39, 0.29) is 24.5 Å². The molecule has 1 fully saturated rings. The van der Waals surface area contributed by atoms with Crippen LogP contribution in [0.15, 0.2) is 24.3 Å². The highest BCUT2D eigenvalue weighted by atomic mass is 19.1. The molecular weight excluding hydrogens is 261 g/mol. The van der Waals surface area contributed by atoms with Crippen molar-refractivity contribution in [3.8, 4) is 5.75 Å². The van der Waals surface area contributed by atoms with E-state index in [0.717, 1.165) is 25.7 Å². The second kappa shape index (κ2) is 7.24. The minimum absolute atomic E-state index is 0.127. The van der Waals surface area contributed by atoms with Crippen LogP contribution in [0.3, 0.4) is 0 Å². The average Bonchev–Trinajstić information content (AvgIpc) is 2.44. The Hall–Kier alpha value is -1.62. The Morgan fingerprint density at radius 2 is 2.20 bits per heavy atom. The van der Waals surface area contributed by atoms with Crippen LogP contribution in [-0.2, 0) is 4.79 Å². The molecule has 1 amide bonds. The van der Waals surface area contributed by atoms with Gasteiger partial charge < -0.3 is 15.2 Å². The lowest BCUT2D eigenvalue weighted by atomic mass is 9.86. The smallest absolute Gasteiger partial charge is 0.257 e. The molecule has 2 N–H and O–H groups in total. The Balaban J connectivity index is 1.70. The summed E-state index contributed by atoms with van der Waals surface area (Å²) in [5.41, 5.74) is 0. The first kappa shape index (κ1) is 14.8. The van der Waals surface area contributed by atoms with Gasteiger partial charge in [-0.25, -0.2) is 4.39 Å². The third kappa shape index (κ3) is 4.49. The second-order valence-corrected chi connectivity index (χ2v) is 5.16. The van der Waals surface area contributed by atoms with Crippen molar-refractivity contribution in [3.63, 3.8) is 0 Å². The summed E-state index contributed by atoms with van der Waals surface area (Å²) < 4.78 is 18.1. The topological polar surface area (TPSA) is 58.6 Å². The molecule has 2 atom stereocenters. The molecule has 1 aromatic rings. The first-order chi connectivity index (χ1) is 9.65. The highest BCUT2D eigenvalue weighted by Gasteiger charge is 2.23. The molecule has 2 unspecified atom stereocenters. The molecule has 0 aromatic heterocycles. The van der Waals surface area contributed by atoms with Crippen LogP contribution < -0.4 is 10.1 Å². The van der Waals surface area contributed by atoms with Crippen molar-refractivity contribution in [3.05, 3.63) is 30.1 Å². The molecule has 20 heavy (non-hydrogen) atoms. The maximum atomic E-state index is 12.9. The van der Waals surface area contributed by atoms with Crippen molar-refractivity contribution >= 4 is 5.91 Å². The molecule has 0 saturated heterocycles. The summed E-state index contributed by atoms with van der Waals surface area (Å²) >= 11 is 0. The fourth-order valence-corrected chi connectivity index (χ4v) is 2.43. The predicted octanol–water partition coefficient (Wildman–Crippen LogP) is 1.87. The van der Waals surface area contributed by atoms with Crippen molar-refractivity contribution in [2.24, 2.45) is 5.92 Å². The minimum atomic E-state index is -0.395. The third-order valence-electron chi connectivity index (χ3n) is 3.60. The molecule has 0 radical (unpaired) electrons. The highest BCUT2D eigenvalue weighted by Crippen LogP contribution is 2.23. The Labute approximate surface area is 117 Å². The van der Waals surface area contributed by atoms with Crippen LogP contribution in [0.4, 0.5) is 4.39 Å². The van der Waals surface area contributed by atoms with Gasteiger partial charge in [0, 0.05) is 18.5 Å². The zero-order valence-electron chi connectivity index (χ0n) is 11.3. The maximum Gasteiger partial charge on any atom is 0.257 e. The summed E-state index contributed by atoms with van der Waals surface area (Å²) in [5, 5.41) is 12.5. The van der Waals surface area contributed by atoms with Gasteiger partial charge in [-0.05, 0) is 25.0 Å². The van der Waals surface area contributed by atoms with E-state index in [2.05, 4.69) is 5.32 Å². The van der Waals surface area contributed by atoms with Gasteiger partial charge in [0.1, 0.15) is 11.6 Å². The number of aliphatic hydroxyl groups excluding tert-OH is 1. The lowest BCUT2D eigenvalue weighted by Crippen LogP contribution is -2.38. The fourth-order valence-electron chi connectivity index (χ4n) is 2.43. The Bertz CT molecular complexity index is 452. The summed E-state index contributed by atoms with van der Waals surface area (Å²) in [4.78, 5) is 11.6. The molecule has 0 bridgehead atoms. The number of benzene rings is 1. The predicted molar refractivity (Wildman–Crippen MR) is 72.9 cm³/mol. The third-order valence-corrected chi connectivity index (χ3v) is 3.60. The van der Waals surface area contributed by atoms with Gasteiger partial charge in [0.25, 0.3) is 5.91 Å². The van der Waals surface area contributed by atoms with Crippen LogP contribution in [0.25, 0.3) is 0 Å². The number of hydrogen-bond donors (Lipinski definition) is 2. The van der Waals surface area contributed by atoms with Crippen molar-refractivity contribution in [2.45, 2.75) is 31.8 Å². The molecule has 0 aliphatic heterocycles. The van der Waals surface area contributed by atoms with Gasteiger partial charge in [0.15, 0.2) is 6.61 Å². The van der Waals surface area contributed by atoms with E-state index in [0.29, 0.717) is 12.3 Å². The normalized spacial score (nSPS) is 22.3. The van der Waals surface area contributed by atoms with Crippen molar-refractivity contribution in [2.75, 3.05) is 13.2 Å². The van der Waals surface area contributed by atoms with E-state index in [1.165, 1.54) is 18.2 Å². The number of halogens is 1. The Morgan fingerprint density at radius 1 is 1.40 bits per heavy atom. The van der Waals surface area contributed by atoms with E-state index in [9.17, 15) is 14.3 Å². The SMILES string of the molecule is O=C(COc1cccc(F)c1)NCC1CCCCC1O. The van der Waals surface area contributed by atoms with Gasteiger partial charge in [-0.15, -0.1) is 0 Å². The molecule has 0 heterocycles. The number of aliphatic hydroxyl groups is 1. The van der Waals surface area contributed by atoms with Crippen molar-refractivity contribution < 1.29 is 19.0 Å². The van der Waals surface area contributed by atoms with E-state index in [1.54, 1.807) is 6.07 Å². The quantitative estimate of drug-likeness (QED) is 0.866. The van der Waals surface area contributed by atoms with E-state index in [1.807, 2.05) is 0 Å². The van der Waals surface area contributed by atoms with Gasteiger partial charge >= 0.3 is 0 Å². The Morgan fingerprint density at radius 3 is 2.95 bits per heavy atom. The number of rotatable bonds is 5. The monoisotopic (exact) mass is 281 g/mol. The zero-order valence-corrected chi connectivity index (χ0v) is 11.3. The van der Waals surface area contributed by atoms with Crippen LogP contribution in [0.1, 0.15) is 25.7 Å². The lowest BCUT2D eigenvalue weighted by molar-refractivity contribution is -0.123. The summed E-state index contributed by atoms with van der Waals surface area (Å²) in [6, 6.07) is 5.68. The van der Waals surface area contributed by atoms with E-state index in [4.69, 9.17) is 4.74 Å². The molecule has 2 rings (SSSR count). The number of amides is 1. The maximum absolute atomic E-state index is 12.9. The molecule has 110 valence electrons. The van der Waals surface area contributed by atoms with E-state index < -0.39 is 5.82 Å². The molecule has 0 spiro atoms. The lowest BCUT2D eigenvalue weighted by Gasteiger charge is -2.27. The van der Waals surface area contributed by atoms with Gasteiger partial charge in [-0.1, -0.05) is 18.9 Å². The minimum Gasteiger partial charge on any atom is -0.484 e. The number of carbonyl (C=O) groups excluding carboxylic acids is 1. The second-order valence-electron chi connectivity index (χ2n) is 5.16. The van der Waals surface area contributed by atoms with Gasteiger partial charge in [-0.2, -0.15) is 0 Å². The van der Waals surface area contributed by atoms with Crippen LogP contribution in [0.2, 0.25) is 0 Å². The first-order valence-corrected chi connectivity index (χ1v) is 6.98. The number of hydrogen-bond acceptors (Lipinski definition) is 3. The first-order valence-electron chi connectivity index (χ1n) is 6.98. The molecule has 1 aliphatic carbocycles. The molecule has 1 aromatic carbocycles. The van der Waals surface area contributed by atoms with Crippen LogP contribution in [-0.4, -0.2) is 30.3 Å². The van der Waals surface area contributed by atoms with Gasteiger partial charge in [-0.3, -0.25) is 4.79 Å². The number of nitrogens with one attached hydrogen (secondary N) is 1. The van der Waals surface area contributed by atoms with Crippen molar-refractivity contribution in [1.82, 2.24) is 5.32 Å². The molecule has 1 saturated carbocycles. The Kier molecular flexibility index (Phi) is 5.35. The average molecular weight is 281 g/mol. The molecule has 5 heteroatoms. The molecule has 1 aliphatic rings. The summed E-state index contributed by atoms with van der Waals surface area (Å²) in [7, 11) is 0. The summed E-state index contributed by atoms with van der Waals surface area (Å²) in [6.07, 6.45) is 3.56. The van der Waals surface area contributed by atoms with Gasteiger partial charge in [0.05, 0.1) is 6.10 Å². The van der Waals surface area contributed by atoms with Crippen LogP contribution >= 0.6 is 0 Å². The largest absolute Gasteiger partial charge is 0.484 e. The number of ether oxygens (including phenoxy) is 1. The summed E-state index contributed by atoms with van der Waals surface area (Å²) in [6.45, 7) is 0.318. The highest BCUT2D eigenvalue weighted by molar-refractivity contribution is 5.77. The molecule has 4 nitrogen and oxygen atoms in total. The number of carbonyl (C=O) groups is 1. The van der Waals surface area contributed by atoms with Crippen LogP contribution in [0, 0.1) is 11.7 Å². The van der Waals surface area contributed by atoms with Crippen molar-refractivity contribution in [1.29, 1.82) is 0 Å². The standard InChI is InChI=1S/C15H20FNO3/c16-12-5-3-6-13(8-12)20-10-15(19)17-9-11-4-1-2-7-14(11)18/h3,5-6,8,11,14,18H,1-2,4,7,9-10H2,(H,17,19). The van der Waals surface area contributed by atoms with E-state index >= 15 is 0 Å².